The molecule has 1 N–H and O–H groups in total. The first kappa shape index (κ1) is 15.9. The monoisotopic (exact) mass is 325 g/mol. The van der Waals surface area contributed by atoms with Gasteiger partial charge < -0.3 is 19.1 Å². The molecule has 24 heavy (non-hydrogen) atoms. The first-order valence-electron chi connectivity index (χ1n) is 7.72. The number of carbonyl (C=O) groups excluding carboxylic acids is 1. The number of carbonyl (C=O) groups is 1. The Morgan fingerprint density at radius 2 is 2.00 bits per heavy atom. The fourth-order valence-electron chi connectivity index (χ4n) is 2.95. The van der Waals surface area contributed by atoms with Gasteiger partial charge in [-0.2, -0.15) is 0 Å². The van der Waals surface area contributed by atoms with E-state index in [0.717, 1.165) is 22.6 Å². The number of hydrogen-bond donors (Lipinski definition) is 1. The summed E-state index contributed by atoms with van der Waals surface area (Å²) >= 11 is 0. The second-order valence-corrected chi connectivity index (χ2v) is 5.42. The van der Waals surface area contributed by atoms with E-state index in [4.69, 9.17) is 9.47 Å². The summed E-state index contributed by atoms with van der Waals surface area (Å²) in [5.41, 5.74) is 2.91. The van der Waals surface area contributed by atoms with Crippen LogP contribution < -0.4 is 4.74 Å². The molecule has 0 amide bonds. The van der Waals surface area contributed by atoms with Crippen LogP contribution >= 0.6 is 0 Å². The highest BCUT2D eigenvalue weighted by Crippen LogP contribution is 2.33. The van der Waals surface area contributed by atoms with Gasteiger partial charge in [-0.3, -0.25) is 0 Å². The first-order chi connectivity index (χ1) is 11.6. The molecule has 0 aliphatic rings. The van der Waals surface area contributed by atoms with Gasteiger partial charge in [0.2, 0.25) is 0 Å². The van der Waals surface area contributed by atoms with Crippen LogP contribution in [-0.2, 0) is 4.74 Å². The second kappa shape index (κ2) is 6.28. The molecule has 0 saturated carbocycles. The number of phenolic OH excluding ortho intramolecular Hbond substituents is 1. The van der Waals surface area contributed by atoms with Crippen molar-refractivity contribution in [2.75, 3.05) is 13.7 Å². The molecule has 0 aliphatic carbocycles. The quantitative estimate of drug-likeness (QED) is 0.741. The molecule has 3 rings (SSSR count). The summed E-state index contributed by atoms with van der Waals surface area (Å²) in [6.07, 6.45) is 0. The molecule has 1 aromatic heterocycles. The Hall–Kier alpha value is -2.95. The molecular formula is C19H19NO4. The number of aromatic nitrogens is 1. The normalized spacial score (nSPS) is 10.8. The van der Waals surface area contributed by atoms with Crippen LogP contribution in [0.4, 0.5) is 0 Å². The zero-order chi connectivity index (χ0) is 17.3. The lowest BCUT2D eigenvalue weighted by molar-refractivity contribution is 0.0527. The lowest BCUT2D eigenvalue weighted by Gasteiger charge is -2.10. The van der Waals surface area contributed by atoms with Gasteiger partial charge in [-0.05, 0) is 44.2 Å². The Kier molecular flexibility index (Phi) is 4.16. The summed E-state index contributed by atoms with van der Waals surface area (Å²) in [7, 11) is 1.61. The smallest absolute Gasteiger partial charge is 0.340 e. The number of methoxy groups -OCH3 is 1. The van der Waals surface area contributed by atoms with Crippen LogP contribution in [0.15, 0.2) is 42.5 Å². The van der Waals surface area contributed by atoms with Crippen LogP contribution in [0.1, 0.15) is 23.0 Å². The van der Waals surface area contributed by atoms with Crippen molar-refractivity contribution in [3.05, 3.63) is 53.7 Å². The van der Waals surface area contributed by atoms with Gasteiger partial charge in [-0.15, -0.1) is 0 Å². The van der Waals surface area contributed by atoms with Crippen LogP contribution in [-0.4, -0.2) is 29.4 Å². The third-order valence-corrected chi connectivity index (χ3v) is 3.98. The van der Waals surface area contributed by atoms with Crippen molar-refractivity contribution in [3.8, 4) is 17.2 Å². The SMILES string of the molecule is CCOC(=O)c1c(C)n(-c2cccc(OC)c2)c2ccc(O)cc12. The number of ether oxygens (including phenoxy) is 2. The van der Waals surface area contributed by atoms with Gasteiger partial charge >= 0.3 is 5.97 Å². The first-order valence-corrected chi connectivity index (χ1v) is 7.72. The fraction of sp³-hybridized carbons (Fsp3) is 0.211. The zero-order valence-electron chi connectivity index (χ0n) is 13.9. The zero-order valence-corrected chi connectivity index (χ0v) is 13.9. The van der Waals surface area contributed by atoms with E-state index in [1.54, 1.807) is 32.2 Å². The summed E-state index contributed by atoms with van der Waals surface area (Å²) in [6.45, 7) is 3.93. The highest BCUT2D eigenvalue weighted by Gasteiger charge is 2.22. The van der Waals surface area contributed by atoms with E-state index in [0.29, 0.717) is 17.6 Å². The van der Waals surface area contributed by atoms with Gasteiger partial charge in [0, 0.05) is 22.8 Å². The van der Waals surface area contributed by atoms with E-state index >= 15 is 0 Å². The van der Waals surface area contributed by atoms with E-state index in [2.05, 4.69) is 0 Å². The number of benzene rings is 2. The van der Waals surface area contributed by atoms with Crippen molar-refractivity contribution in [3.63, 3.8) is 0 Å². The summed E-state index contributed by atoms with van der Waals surface area (Å²) in [5, 5.41) is 10.5. The van der Waals surface area contributed by atoms with Gasteiger partial charge in [-0.1, -0.05) is 6.07 Å². The van der Waals surface area contributed by atoms with E-state index in [1.165, 1.54) is 0 Å². The fourth-order valence-corrected chi connectivity index (χ4v) is 2.95. The third-order valence-electron chi connectivity index (χ3n) is 3.98. The second-order valence-electron chi connectivity index (χ2n) is 5.42. The topological polar surface area (TPSA) is 60.7 Å². The Bertz CT molecular complexity index is 911. The molecule has 0 atom stereocenters. The summed E-state index contributed by atoms with van der Waals surface area (Å²) < 4.78 is 12.4. The lowest BCUT2D eigenvalue weighted by atomic mass is 10.1. The maximum atomic E-state index is 12.4. The number of aromatic hydroxyl groups is 1. The number of phenols is 1. The molecule has 124 valence electrons. The number of rotatable bonds is 4. The maximum absolute atomic E-state index is 12.4. The van der Waals surface area contributed by atoms with E-state index < -0.39 is 5.97 Å². The Labute approximate surface area is 140 Å². The average molecular weight is 325 g/mol. The van der Waals surface area contributed by atoms with Crippen LogP contribution in [0.3, 0.4) is 0 Å². The van der Waals surface area contributed by atoms with Crippen LogP contribution in [0.2, 0.25) is 0 Å². The third kappa shape index (κ3) is 2.58. The highest BCUT2D eigenvalue weighted by molar-refractivity contribution is 6.07. The van der Waals surface area contributed by atoms with E-state index in [-0.39, 0.29) is 5.75 Å². The van der Waals surface area contributed by atoms with Crippen LogP contribution in [0.5, 0.6) is 11.5 Å². The number of fused-ring (bicyclic) bond motifs is 1. The van der Waals surface area contributed by atoms with Gasteiger partial charge in [0.15, 0.2) is 0 Å². The molecule has 2 aromatic carbocycles. The molecule has 0 aliphatic heterocycles. The molecule has 0 fully saturated rings. The van der Waals surface area contributed by atoms with Gasteiger partial charge in [0.1, 0.15) is 11.5 Å². The maximum Gasteiger partial charge on any atom is 0.340 e. The molecule has 3 aromatic rings. The minimum atomic E-state index is -0.396. The van der Waals surface area contributed by atoms with Gasteiger partial charge in [0.25, 0.3) is 0 Å². The van der Waals surface area contributed by atoms with Gasteiger partial charge in [-0.25, -0.2) is 4.79 Å². The molecule has 5 heteroatoms. The minimum absolute atomic E-state index is 0.107. The predicted octanol–water partition coefficient (Wildman–Crippen LogP) is 3.83. The summed E-state index contributed by atoms with van der Waals surface area (Å²) in [5.74, 6) is 0.438. The minimum Gasteiger partial charge on any atom is -0.508 e. The van der Waals surface area contributed by atoms with Crippen molar-refractivity contribution in [2.24, 2.45) is 0 Å². The van der Waals surface area contributed by atoms with Crippen molar-refractivity contribution < 1.29 is 19.4 Å². The van der Waals surface area contributed by atoms with Crippen LogP contribution in [0, 0.1) is 6.92 Å². The molecule has 0 bridgehead atoms. The van der Waals surface area contributed by atoms with Crippen molar-refractivity contribution >= 4 is 16.9 Å². The largest absolute Gasteiger partial charge is 0.508 e. The van der Waals surface area contributed by atoms with Gasteiger partial charge in [0.05, 0.1) is 24.8 Å². The summed E-state index contributed by atoms with van der Waals surface area (Å²) in [4.78, 5) is 12.4. The standard InChI is InChI=1S/C19H19NO4/c1-4-24-19(22)18-12(2)20(13-6-5-7-15(10-13)23-3)17-9-8-14(21)11-16(17)18/h5-11,21H,4H2,1-3H3. The number of nitrogens with zero attached hydrogens (tertiary/aromatic N) is 1. The number of esters is 1. The Morgan fingerprint density at radius 3 is 2.71 bits per heavy atom. The van der Waals surface area contributed by atoms with Crippen molar-refractivity contribution in [1.29, 1.82) is 0 Å². The Morgan fingerprint density at radius 1 is 1.21 bits per heavy atom. The molecule has 0 radical (unpaired) electrons. The van der Waals surface area contributed by atoms with Crippen molar-refractivity contribution in [1.82, 2.24) is 4.57 Å². The molecule has 0 unspecified atom stereocenters. The molecule has 0 spiro atoms. The highest BCUT2D eigenvalue weighted by atomic mass is 16.5. The van der Waals surface area contributed by atoms with E-state index in [1.807, 2.05) is 35.8 Å². The Balaban J connectivity index is 2.32. The van der Waals surface area contributed by atoms with Crippen LogP contribution in [0.25, 0.3) is 16.6 Å². The average Bonchev–Trinajstić information content (AvgIpc) is 2.86. The molecular weight excluding hydrogens is 306 g/mol. The number of hydrogen-bond acceptors (Lipinski definition) is 4. The van der Waals surface area contributed by atoms with Crippen molar-refractivity contribution in [2.45, 2.75) is 13.8 Å². The van der Waals surface area contributed by atoms with E-state index in [9.17, 15) is 9.90 Å². The molecule has 5 nitrogen and oxygen atoms in total. The summed E-state index contributed by atoms with van der Waals surface area (Å²) in [6, 6.07) is 12.6. The lowest BCUT2D eigenvalue weighted by Crippen LogP contribution is -2.07. The predicted molar refractivity (Wildman–Crippen MR) is 92.2 cm³/mol. The molecule has 0 saturated heterocycles. The molecule has 1 heterocycles.